The van der Waals surface area contributed by atoms with E-state index in [2.05, 4.69) is 29.4 Å². The molecule has 1 aliphatic rings. The van der Waals surface area contributed by atoms with E-state index in [0.717, 1.165) is 44.2 Å². The van der Waals surface area contributed by atoms with Crippen LogP contribution in [-0.4, -0.2) is 104 Å². The van der Waals surface area contributed by atoms with Gasteiger partial charge in [-0.05, 0) is 63.1 Å². The van der Waals surface area contributed by atoms with Crippen LogP contribution >= 0.6 is 11.3 Å². The Morgan fingerprint density at radius 2 is 1.74 bits per heavy atom. The average molecular weight is 772 g/mol. The summed E-state index contributed by atoms with van der Waals surface area (Å²) in [5, 5.41) is 8.61. The molecule has 2 heterocycles. The van der Waals surface area contributed by atoms with Crippen LogP contribution in [0.5, 0.6) is 0 Å². The standard InChI is InChI=1S/C41H65N5O7S/c1-10-20-46(40(49)36(28(5)11-2)44-38(48)33-19-15-16-21-45(33)7)34(27(3)4)24-35(53-26-51-8)39-43-32(25-54-39)37(47)42-31(22-29(6)41(50)52-9)23-30-17-13-12-14-18-30/h12-14,17-18,25,27-29,31,33-36H,10-11,15-16,19-24,26H2,1-9H3,(H,42,47)(H,44,48)/t28?,29-,31+,33+,34+,35+,36-/m0/s1. The highest BCUT2D eigenvalue weighted by Gasteiger charge is 2.38. The highest BCUT2D eigenvalue weighted by molar-refractivity contribution is 7.09. The summed E-state index contributed by atoms with van der Waals surface area (Å²) in [6.07, 6.45) is 5.11. The number of ether oxygens (including phenoxy) is 3. The molecular formula is C41H65N5O7S. The Bertz CT molecular complexity index is 1460. The molecule has 1 fully saturated rings. The van der Waals surface area contributed by atoms with Gasteiger partial charge in [0.25, 0.3) is 5.91 Å². The topological polar surface area (TPSA) is 139 Å². The molecule has 12 nitrogen and oxygen atoms in total. The van der Waals surface area contributed by atoms with Crippen LogP contribution in [0.4, 0.5) is 0 Å². The molecule has 2 N–H and O–H groups in total. The third-order valence-electron chi connectivity index (χ3n) is 10.5. The van der Waals surface area contributed by atoms with Crippen LogP contribution in [0.25, 0.3) is 0 Å². The predicted molar refractivity (Wildman–Crippen MR) is 212 cm³/mol. The molecule has 0 aliphatic carbocycles. The number of nitrogens with one attached hydrogen (secondary N) is 2. The second-order valence-corrected chi connectivity index (χ2v) is 16.0. The van der Waals surface area contributed by atoms with Crippen LogP contribution < -0.4 is 10.6 Å². The second kappa shape index (κ2) is 22.9. The van der Waals surface area contributed by atoms with Gasteiger partial charge in [0.2, 0.25) is 11.8 Å². The first-order valence-corrected chi connectivity index (χ1v) is 20.5. The summed E-state index contributed by atoms with van der Waals surface area (Å²) >= 11 is 1.32. The maximum atomic E-state index is 14.6. The number of likely N-dealkylation sites (tertiary alicyclic amines) is 1. The van der Waals surface area contributed by atoms with Crippen molar-refractivity contribution >= 4 is 35.0 Å². The Labute approximate surface area is 327 Å². The maximum absolute atomic E-state index is 14.6. The summed E-state index contributed by atoms with van der Waals surface area (Å²) < 4.78 is 16.5. The summed E-state index contributed by atoms with van der Waals surface area (Å²) in [5.74, 6) is -1.29. The van der Waals surface area contributed by atoms with Gasteiger partial charge in [-0.15, -0.1) is 11.3 Å². The van der Waals surface area contributed by atoms with Crippen molar-refractivity contribution in [2.45, 2.75) is 123 Å². The van der Waals surface area contributed by atoms with E-state index < -0.39 is 18.1 Å². The molecular weight excluding hydrogens is 707 g/mol. The fourth-order valence-corrected chi connectivity index (χ4v) is 8.04. The van der Waals surface area contributed by atoms with Crippen molar-refractivity contribution in [1.82, 2.24) is 25.4 Å². The van der Waals surface area contributed by atoms with Gasteiger partial charge in [0, 0.05) is 37.5 Å². The molecule has 0 radical (unpaired) electrons. The Balaban J connectivity index is 1.86. The zero-order valence-electron chi connectivity index (χ0n) is 34.0. The monoisotopic (exact) mass is 771 g/mol. The minimum absolute atomic E-state index is 0.00331. The van der Waals surface area contributed by atoms with Crippen LogP contribution in [0.1, 0.15) is 114 Å². The Hall–Kier alpha value is -3.39. The number of hydrogen-bond donors (Lipinski definition) is 2. The van der Waals surface area contributed by atoms with Crippen LogP contribution in [0.2, 0.25) is 0 Å². The Morgan fingerprint density at radius 3 is 2.35 bits per heavy atom. The SMILES string of the molecule is CCCN(C(=O)[C@@H](NC(=O)[C@H]1CCCCN1C)C(C)CC)[C@H](C[C@@H](OCOC)c1nc(C(=O)N[C@@H](Cc2ccccc2)C[C@H](C)C(=O)OC)cs1)C(C)C. The zero-order valence-corrected chi connectivity index (χ0v) is 34.8. The first-order chi connectivity index (χ1) is 25.8. The van der Waals surface area contributed by atoms with Gasteiger partial charge in [-0.3, -0.25) is 24.1 Å². The minimum Gasteiger partial charge on any atom is -0.469 e. The summed E-state index contributed by atoms with van der Waals surface area (Å²) in [5.41, 5.74) is 1.29. The molecule has 2 aromatic rings. The molecule has 3 amide bonds. The van der Waals surface area contributed by atoms with Crippen molar-refractivity contribution in [2.24, 2.45) is 17.8 Å². The molecule has 1 aliphatic heterocycles. The number of methoxy groups -OCH3 is 2. The van der Waals surface area contributed by atoms with E-state index in [0.29, 0.717) is 30.8 Å². The van der Waals surface area contributed by atoms with Crippen molar-refractivity contribution < 1.29 is 33.4 Å². The lowest BCUT2D eigenvalue weighted by Crippen LogP contribution is -2.58. The van der Waals surface area contributed by atoms with Crippen molar-refractivity contribution in [3.05, 3.63) is 52.0 Å². The van der Waals surface area contributed by atoms with Gasteiger partial charge in [-0.25, -0.2) is 4.98 Å². The lowest BCUT2D eigenvalue weighted by atomic mass is 9.92. The molecule has 1 saturated heterocycles. The molecule has 0 spiro atoms. The smallest absolute Gasteiger partial charge is 0.308 e. The number of benzene rings is 1. The highest BCUT2D eigenvalue weighted by atomic mass is 32.1. The molecule has 1 aromatic carbocycles. The third-order valence-corrected chi connectivity index (χ3v) is 11.5. The molecule has 7 atom stereocenters. The summed E-state index contributed by atoms with van der Waals surface area (Å²) in [4.78, 5) is 63.0. The van der Waals surface area contributed by atoms with Gasteiger partial charge in [0.05, 0.1) is 19.1 Å². The van der Waals surface area contributed by atoms with E-state index in [1.165, 1.54) is 18.4 Å². The minimum atomic E-state index is -0.662. The summed E-state index contributed by atoms with van der Waals surface area (Å²) in [6.45, 7) is 13.5. The number of aromatic nitrogens is 1. The summed E-state index contributed by atoms with van der Waals surface area (Å²) in [7, 11) is 4.89. The number of hydrogen-bond acceptors (Lipinski definition) is 10. The molecule has 302 valence electrons. The van der Waals surface area contributed by atoms with Gasteiger partial charge >= 0.3 is 5.97 Å². The number of carbonyl (C=O) groups is 4. The van der Waals surface area contributed by atoms with Gasteiger partial charge in [0.15, 0.2) is 0 Å². The Morgan fingerprint density at radius 1 is 1.02 bits per heavy atom. The molecule has 54 heavy (non-hydrogen) atoms. The van der Waals surface area contributed by atoms with Crippen LogP contribution in [0.3, 0.4) is 0 Å². The van der Waals surface area contributed by atoms with E-state index in [-0.39, 0.29) is 66.1 Å². The molecule has 13 heteroatoms. The first-order valence-electron chi connectivity index (χ1n) is 19.6. The number of amides is 3. The van der Waals surface area contributed by atoms with Gasteiger partial charge in [-0.2, -0.15) is 0 Å². The van der Waals surface area contributed by atoms with Crippen molar-refractivity contribution in [1.29, 1.82) is 0 Å². The number of rotatable bonds is 22. The number of likely N-dealkylation sites (N-methyl/N-ethyl adjacent to an activating group) is 1. The van der Waals surface area contributed by atoms with Crippen molar-refractivity contribution in [3.8, 4) is 0 Å². The maximum Gasteiger partial charge on any atom is 0.308 e. The van der Waals surface area contributed by atoms with Gasteiger partial charge in [-0.1, -0.05) is 84.7 Å². The van der Waals surface area contributed by atoms with Crippen LogP contribution in [0, 0.1) is 17.8 Å². The normalized spacial score (nSPS) is 18.2. The zero-order chi connectivity index (χ0) is 39.8. The van der Waals surface area contributed by atoms with E-state index in [4.69, 9.17) is 19.2 Å². The number of esters is 1. The summed E-state index contributed by atoms with van der Waals surface area (Å²) in [6, 6.07) is 8.32. The second-order valence-electron chi connectivity index (χ2n) is 15.1. The van der Waals surface area contributed by atoms with Crippen LogP contribution in [-0.2, 0) is 35.0 Å². The number of thiazole rings is 1. The fraction of sp³-hybridized carbons (Fsp3) is 0.683. The van der Waals surface area contributed by atoms with Crippen molar-refractivity contribution in [3.63, 3.8) is 0 Å². The van der Waals surface area contributed by atoms with E-state index >= 15 is 0 Å². The number of carbonyl (C=O) groups excluding carboxylic acids is 4. The molecule has 1 unspecified atom stereocenters. The fourth-order valence-electron chi connectivity index (χ4n) is 7.18. The first kappa shape index (κ1) is 45.0. The largest absolute Gasteiger partial charge is 0.469 e. The number of nitrogens with zero attached hydrogens (tertiary/aromatic N) is 3. The van der Waals surface area contributed by atoms with Gasteiger partial charge < -0.3 is 29.7 Å². The van der Waals surface area contributed by atoms with Crippen LogP contribution in [0.15, 0.2) is 35.7 Å². The lowest BCUT2D eigenvalue weighted by molar-refractivity contribution is -0.145. The van der Waals surface area contributed by atoms with E-state index in [1.807, 2.05) is 63.1 Å². The lowest BCUT2D eigenvalue weighted by Gasteiger charge is -2.40. The molecule has 1 aromatic heterocycles. The quantitative estimate of drug-likeness (QED) is 0.109. The van der Waals surface area contributed by atoms with E-state index in [1.54, 1.807) is 19.4 Å². The molecule has 0 bridgehead atoms. The molecule has 3 rings (SSSR count). The van der Waals surface area contributed by atoms with Gasteiger partial charge in [0.1, 0.15) is 29.6 Å². The predicted octanol–water partition coefficient (Wildman–Crippen LogP) is 6.01. The highest BCUT2D eigenvalue weighted by Crippen LogP contribution is 2.32. The molecule has 0 saturated carbocycles. The Kier molecular flexibility index (Phi) is 19.1. The number of piperidine rings is 1. The third kappa shape index (κ3) is 13.1. The van der Waals surface area contributed by atoms with E-state index in [9.17, 15) is 19.2 Å². The van der Waals surface area contributed by atoms with Crippen molar-refractivity contribution in [2.75, 3.05) is 41.1 Å². The average Bonchev–Trinajstić information content (AvgIpc) is 3.66.